The van der Waals surface area contributed by atoms with Gasteiger partial charge in [0.05, 0.1) is 49.6 Å². The summed E-state index contributed by atoms with van der Waals surface area (Å²) in [5.74, 6) is 1.94. The quantitative estimate of drug-likeness (QED) is 0.462. The van der Waals surface area contributed by atoms with Crippen LogP contribution in [0.5, 0.6) is 11.5 Å². The smallest absolute Gasteiger partial charge is 0.227 e. The Bertz CT molecular complexity index is 1140. The average Bonchev–Trinajstić information content (AvgIpc) is 3.24. The lowest BCUT2D eigenvalue weighted by Gasteiger charge is -2.10. The van der Waals surface area contributed by atoms with E-state index in [4.69, 9.17) is 21.1 Å². The molecule has 0 unspecified atom stereocenters. The number of methoxy groups -OCH3 is 2. The molecule has 0 bridgehead atoms. The van der Waals surface area contributed by atoms with Gasteiger partial charge in [0.2, 0.25) is 5.95 Å². The van der Waals surface area contributed by atoms with Crippen molar-refractivity contribution in [3.05, 3.63) is 77.7 Å². The number of para-hydroxylation sites is 2. The van der Waals surface area contributed by atoms with Gasteiger partial charge < -0.3 is 14.8 Å². The maximum Gasteiger partial charge on any atom is 0.227 e. The van der Waals surface area contributed by atoms with E-state index in [2.05, 4.69) is 20.4 Å². The second-order valence-corrected chi connectivity index (χ2v) is 6.90. The summed E-state index contributed by atoms with van der Waals surface area (Å²) in [5.41, 5.74) is 3.28. The zero-order chi connectivity index (χ0) is 20.9. The standard InChI is InChI=1S/C22H20ClN5O2/c1-29-17-9-7-15(8-10-17)13-28-14-16(11-25-28)21-18(23)12-24-22(27-21)26-19-5-3-4-6-20(19)30-2/h3-12,14H,13H2,1-2H3,(H,24,26,27). The first kappa shape index (κ1) is 19.7. The molecule has 0 saturated heterocycles. The molecule has 8 heteroatoms. The molecule has 0 spiro atoms. The lowest BCUT2D eigenvalue weighted by Crippen LogP contribution is -2.01. The van der Waals surface area contributed by atoms with Gasteiger partial charge in [-0.25, -0.2) is 9.97 Å². The highest BCUT2D eigenvalue weighted by Crippen LogP contribution is 2.29. The Morgan fingerprint density at radius 1 is 1.00 bits per heavy atom. The van der Waals surface area contributed by atoms with Crippen LogP contribution in [0.4, 0.5) is 11.6 Å². The van der Waals surface area contributed by atoms with Crippen LogP contribution in [0.2, 0.25) is 5.02 Å². The summed E-state index contributed by atoms with van der Waals surface area (Å²) < 4.78 is 12.4. The number of halogens is 1. The maximum absolute atomic E-state index is 6.37. The van der Waals surface area contributed by atoms with Gasteiger partial charge in [0.15, 0.2) is 0 Å². The number of nitrogens with zero attached hydrogens (tertiary/aromatic N) is 4. The van der Waals surface area contributed by atoms with E-state index in [1.165, 1.54) is 0 Å². The third kappa shape index (κ3) is 4.36. The predicted molar refractivity (Wildman–Crippen MR) is 117 cm³/mol. The van der Waals surface area contributed by atoms with Crippen molar-refractivity contribution in [1.82, 2.24) is 19.7 Å². The van der Waals surface area contributed by atoms with Crippen LogP contribution >= 0.6 is 11.6 Å². The lowest BCUT2D eigenvalue weighted by molar-refractivity contribution is 0.414. The van der Waals surface area contributed by atoms with Crippen molar-refractivity contribution >= 4 is 23.2 Å². The van der Waals surface area contributed by atoms with Gasteiger partial charge in [0.1, 0.15) is 11.5 Å². The van der Waals surface area contributed by atoms with Crippen molar-refractivity contribution in [3.8, 4) is 22.8 Å². The number of benzene rings is 2. The normalized spacial score (nSPS) is 10.6. The second-order valence-electron chi connectivity index (χ2n) is 6.49. The molecule has 2 aromatic carbocycles. The van der Waals surface area contributed by atoms with Crippen LogP contribution in [0.15, 0.2) is 67.1 Å². The van der Waals surface area contributed by atoms with Gasteiger partial charge in [-0.3, -0.25) is 4.68 Å². The largest absolute Gasteiger partial charge is 0.497 e. The molecule has 0 aliphatic rings. The van der Waals surface area contributed by atoms with Crippen molar-refractivity contribution in [3.63, 3.8) is 0 Å². The van der Waals surface area contributed by atoms with Crippen LogP contribution in [0.3, 0.4) is 0 Å². The summed E-state index contributed by atoms with van der Waals surface area (Å²) in [5, 5.41) is 8.06. The summed E-state index contributed by atoms with van der Waals surface area (Å²) >= 11 is 6.37. The Kier molecular flexibility index (Phi) is 5.81. The SMILES string of the molecule is COc1ccc(Cn2cc(-c3nc(Nc4ccccc4OC)ncc3Cl)cn2)cc1. The number of nitrogens with one attached hydrogen (secondary N) is 1. The fourth-order valence-corrected chi connectivity index (χ4v) is 3.19. The molecule has 2 heterocycles. The summed E-state index contributed by atoms with van der Waals surface area (Å²) in [6.07, 6.45) is 5.22. The Labute approximate surface area is 179 Å². The third-order valence-electron chi connectivity index (χ3n) is 4.51. The maximum atomic E-state index is 6.37. The van der Waals surface area contributed by atoms with Crippen LogP contribution in [-0.4, -0.2) is 34.0 Å². The van der Waals surface area contributed by atoms with Crippen molar-refractivity contribution in [1.29, 1.82) is 0 Å². The van der Waals surface area contributed by atoms with Crippen molar-refractivity contribution in [2.45, 2.75) is 6.54 Å². The van der Waals surface area contributed by atoms with E-state index in [1.807, 2.05) is 59.4 Å². The molecule has 0 amide bonds. The van der Waals surface area contributed by atoms with Crippen LogP contribution in [0.25, 0.3) is 11.3 Å². The van der Waals surface area contributed by atoms with E-state index in [1.54, 1.807) is 26.6 Å². The molecule has 0 radical (unpaired) electrons. The van der Waals surface area contributed by atoms with Gasteiger partial charge in [-0.05, 0) is 29.8 Å². The molecule has 4 rings (SSSR count). The van der Waals surface area contributed by atoms with Gasteiger partial charge in [-0.2, -0.15) is 5.10 Å². The molecule has 30 heavy (non-hydrogen) atoms. The van der Waals surface area contributed by atoms with Crippen LogP contribution in [0, 0.1) is 0 Å². The second kappa shape index (κ2) is 8.84. The minimum Gasteiger partial charge on any atom is -0.497 e. The molecule has 0 atom stereocenters. The topological polar surface area (TPSA) is 74.1 Å². The van der Waals surface area contributed by atoms with E-state index >= 15 is 0 Å². The molecule has 0 aliphatic heterocycles. The third-order valence-corrected chi connectivity index (χ3v) is 4.78. The van der Waals surface area contributed by atoms with E-state index in [9.17, 15) is 0 Å². The molecule has 0 aliphatic carbocycles. The summed E-state index contributed by atoms with van der Waals surface area (Å²) in [6, 6.07) is 15.4. The average molecular weight is 422 g/mol. The van der Waals surface area contributed by atoms with E-state index in [0.717, 1.165) is 22.6 Å². The van der Waals surface area contributed by atoms with Crippen molar-refractivity contribution in [2.75, 3.05) is 19.5 Å². The van der Waals surface area contributed by atoms with Crippen LogP contribution in [-0.2, 0) is 6.54 Å². The van der Waals surface area contributed by atoms with E-state index < -0.39 is 0 Å². The van der Waals surface area contributed by atoms with Crippen LogP contribution in [0.1, 0.15) is 5.56 Å². The highest BCUT2D eigenvalue weighted by molar-refractivity contribution is 6.32. The number of aromatic nitrogens is 4. The fourth-order valence-electron chi connectivity index (χ4n) is 2.99. The monoisotopic (exact) mass is 421 g/mol. The van der Waals surface area contributed by atoms with Gasteiger partial charge in [0.25, 0.3) is 0 Å². The first-order chi connectivity index (χ1) is 14.7. The number of hydrogen-bond donors (Lipinski definition) is 1. The fraction of sp³-hybridized carbons (Fsp3) is 0.136. The van der Waals surface area contributed by atoms with Gasteiger partial charge >= 0.3 is 0 Å². The minimum atomic E-state index is 0.418. The molecule has 1 N–H and O–H groups in total. The van der Waals surface area contributed by atoms with Crippen molar-refractivity contribution < 1.29 is 9.47 Å². The van der Waals surface area contributed by atoms with Crippen molar-refractivity contribution in [2.24, 2.45) is 0 Å². The Morgan fingerprint density at radius 3 is 2.57 bits per heavy atom. The van der Waals surface area contributed by atoms with Crippen LogP contribution < -0.4 is 14.8 Å². The first-order valence-corrected chi connectivity index (χ1v) is 9.62. The molecule has 0 fully saturated rings. The highest BCUT2D eigenvalue weighted by atomic mass is 35.5. The first-order valence-electron chi connectivity index (χ1n) is 9.24. The number of ether oxygens (including phenoxy) is 2. The Hall–Kier alpha value is -3.58. The molecule has 152 valence electrons. The molecule has 4 aromatic rings. The molecule has 7 nitrogen and oxygen atoms in total. The Morgan fingerprint density at radius 2 is 1.80 bits per heavy atom. The number of anilines is 2. The summed E-state index contributed by atoms with van der Waals surface area (Å²) in [7, 11) is 3.27. The molecule has 2 aromatic heterocycles. The Balaban J connectivity index is 1.56. The molecule has 0 saturated carbocycles. The summed E-state index contributed by atoms with van der Waals surface area (Å²) in [6.45, 7) is 0.624. The zero-order valence-corrected chi connectivity index (χ0v) is 17.3. The van der Waals surface area contributed by atoms with Gasteiger partial charge in [0, 0.05) is 11.8 Å². The summed E-state index contributed by atoms with van der Waals surface area (Å²) in [4.78, 5) is 8.85. The van der Waals surface area contributed by atoms with Gasteiger partial charge in [-0.1, -0.05) is 35.9 Å². The number of hydrogen-bond acceptors (Lipinski definition) is 6. The lowest BCUT2D eigenvalue weighted by atomic mass is 10.2. The number of rotatable bonds is 7. The predicted octanol–water partition coefficient (Wildman–Crippen LogP) is 4.80. The highest BCUT2D eigenvalue weighted by Gasteiger charge is 2.12. The van der Waals surface area contributed by atoms with E-state index in [-0.39, 0.29) is 0 Å². The minimum absolute atomic E-state index is 0.418. The van der Waals surface area contributed by atoms with E-state index in [0.29, 0.717) is 29.0 Å². The molecular formula is C22H20ClN5O2. The van der Waals surface area contributed by atoms with Gasteiger partial charge in [-0.15, -0.1) is 0 Å². The zero-order valence-electron chi connectivity index (χ0n) is 16.5. The molecular weight excluding hydrogens is 402 g/mol.